The Morgan fingerprint density at radius 2 is 1.86 bits per heavy atom. The molecule has 0 bridgehead atoms. The van der Waals surface area contributed by atoms with Crippen LogP contribution in [0.2, 0.25) is 0 Å². The first-order chi connectivity index (χ1) is 10.1. The Morgan fingerprint density at radius 1 is 1.24 bits per heavy atom. The highest BCUT2D eigenvalue weighted by Gasteiger charge is 2.23. The van der Waals surface area contributed by atoms with Crippen molar-refractivity contribution in [1.82, 2.24) is 5.32 Å². The van der Waals surface area contributed by atoms with Crippen LogP contribution >= 0.6 is 23.1 Å². The zero-order valence-electron chi connectivity index (χ0n) is 13.5. The number of hydrogen-bond acceptors (Lipinski definition) is 5. The van der Waals surface area contributed by atoms with Gasteiger partial charge in [-0.05, 0) is 25.5 Å². The highest BCUT2D eigenvalue weighted by molar-refractivity contribution is 7.99. The van der Waals surface area contributed by atoms with Crippen molar-refractivity contribution in [2.24, 2.45) is 0 Å². The number of carbonyl (C=O) groups is 1. The Morgan fingerprint density at radius 3 is 2.33 bits per heavy atom. The van der Waals surface area contributed by atoms with Gasteiger partial charge in [-0.25, -0.2) is 0 Å². The minimum absolute atomic E-state index is 0.0474. The summed E-state index contributed by atoms with van der Waals surface area (Å²) in [5.74, 6) is -0.0474. The van der Waals surface area contributed by atoms with Gasteiger partial charge in [0.1, 0.15) is 9.88 Å². The molecule has 0 radical (unpaired) electrons. The van der Waals surface area contributed by atoms with E-state index in [2.05, 4.69) is 24.1 Å². The maximum Gasteiger partial charge on any atom is 0.263 e. The van der Waals surface area contributed by atoms with Gasteiger partial charge >= 0.3 is 0 Å². The number of amides is 1. The van der Waals surface area contributed by atoms with Crippen LogP contribution in [0, 0.1) is 0 Å². The second kappa shape index (κ2) is 9.20. The van der Waals surface area contributed by atoms with E-state index in [1.54, 1.807) is 11.8 Å². The summed E-state index contributed by atoms with van der Waals surface area (Å²) in [5, 5.41) is 4.06. The van der Waals surface area contributed by atoms with Crippen LogP contribution in [0.5, 0.6) is 0 Å². The highest BCUT2D eigenvalue weighted by atomic mass is 32.2. The average Bonchev–Trinajstić information content (AvgIpc) is 2.81. The van der Waals surface area contributed by atoms with Gasteiger partial charge in [-0.2, -0.15) is 0 Å². The van der Waals surface area contributed by atoms with Crippen LogP contribution < -0.4 is 16.0 Å². The van der Waals surface area contributed by atoms with Crippen molar-refractivity contribution in [3.63, 3.8) is 0 Å². The topological polar surface area (TPSA) is 58.4 Å². The molecular weight excluding hydrogens is 302 g/mol. The van der Waals surface area contributed by atoms with Gasteiger partial charge in [-0.3, -0.25) is 4.79 Å². The molecule has 1 aromatic rings. The minimum Gasteiger partial charge on any atom is -0.396 e. The SMILES string of the molecule is CCCNC(=O)c1sc(N(CCC)CCC)c(SC)c1N. The molecule has 120 valence electrons. The van der Waals surface area contributed by atoms with Crippen LogP contribution in [0.4, 0.5) is 10.7 Å². The average molecular weight is 330 g/mol. The van der Waals surface area contributed by atoms with Crippen LogP contribution in [0.1, 0.15) is 49.7 Å². The van der Waals surface area contributed by atoms with Gasteiger partial charge in [0.25, 0.3) is 5.91 Å². The molecule has 0 aliphatic heterocycles. The largest absolute Gasteiger partial charge is 0.396 e. The summed E-state index contributed by atoms with van der Waals surface area (Å²) in [6.07, 6.45) is 5.12. The molecular formula is C15H27N3OS2. The fourth-order valence-electron chi connectivity index (χ4n) is 2.16. The van der Waals surface area contributed by atoms with Crippen molar-refractivity contribution in [3.8, 4) is 0 Å². The molecule has 1 aromatic heterocycles. The normalized spacial score (nSPS) is 10.7. The summed E-state index contributed by atoms with van der Waals surface area (Å²) in [7, 11) is 0. The lowest BCUT2D eigenvalue weighted by Gasteiger charge is -2.23. The summed E-state index contributed by atoms with van der Waals surface area (Å²) >= 11 is 3.15. The first-order valence-electron chi connectivity index (χ1n) is 7.59. The Labute approximate surface area is 136 Å². The van der Waals surface area contributed by atoms with E-state index in [1.165, 1.54) is 11.3 Å². The number of nitrogens with one attached hydrogen (secondary N) is 1. The monoisotopic (exact) mass is 329 g/mol. The zero-order chi connectivity index (χ0) is 15.8. The number of anilines is 2. The van der Waals surface area contributed by atoms with Gasteiger partial charge < -0.3 is 16.0 Å². The number of nitrogen functional groups attached to an aromatic ring is 1. The first kappa shape index (κ1) is 18.2. The number of nitrogens with zero attached hydrogens (tertiary/aromatic N) is 1. The van der Waals surface area contributed by atoms with Gasteiger partial charge in [-0.15, -0.1) is 23.1 Å². The molecule has 1 rings (SSSR count). The molecule has 0 aliphatic carbocycles. The van der Waals surface area contributed by atoms with Gasteiger partial charge in [0, 0.05) is 19.6 Å². The third-order valence-corrected chi connectivity index (χ3v) is 5.32. The lowest BCUT2D eigenvalue weighted by Crippen LogP contribution is -2.24. The summed E-state index contributed by atoms with van der Waals surface area (Å²) in [5.41, 5.74) is 6.85. The molecule has 0 saturated heterocycles. The summed E-state index contributed by atoms with van der Waals surface area (Å²) in [6, 6.07) is 0. The highest BCUT2D eigenvalue weighted by Crippen LogP contribution is 2.43. The number of carbonyl (C=O) groups excluding carboxylic acids is 1. The molecule has 21 heavy (non-hydrogen) atoms. The van der Waals surface area contributed by atoms with Gasteiger partial charge in [0.05, 0.1) is 10.6 Å². The van der Waals surface area contributed by atoms with Crippen LogP contribution in [0.25, 0.3) is 0 Å². The Hall–Kier alpha value is -0.880. The van der Waals surface area contributed by atoms with E-state index < -0.39 is 0 Å². The molecule has 0 spiro atoms. The maximum absolute atomic E-state index is 12.2. The quantitative estimate of drug-likeness (QED) is 0.676. The van der Waals surface area contributed by atoms with Crippen molar-refractivity contribution in [2.45, 2.75) is 44.9 Å². The molecule has 0 aromatic carbocycles. The van der Waals surface area contributed by atoms with Crippen molar-refractivity contribution in [3.05, 3.63) is 4.88 Å². The predicted molar refractivity (Wildman–Crippen MR) is 95.9 cm³/mol. The Kier molecular flexibility index (Phi) is 7.96. The van der Waals surface area contributed by atoms with E-state index in [0.717, 1.165) is 42.2 Å². The van der Waals surface area contributed by atoms with E-state index in [-0.39, 0.29) is 5.91 Å². The smallest absolute Gasteiger partial charge is 0.263 e. The predicted octanol–water partition coefficient (Wildman–Crippen LogP) is 3.82. The summed E-state index contributed by atoms with van der Waals surface area (Å²) in [4.78, 5) is 16.3. The third kappa shape index (κ3) is 4.54. The summed E-state index contributed by atoms with van der Waals surface area (Å²) in [6.45, 7) is 9.07. The number of hydrogen-bond donors (Lipinski definition) is 2. The van der Waals surface area contributed by atoms with Gasteiger partial charge in [0.2, 0.25) is 0 Å². The lowest BCUT2D eigenvalue weighted by atomic mass is 10.3. The number of rotatable bonds is 9. The molecule has 3 N–H and O–H groups in total. The van der Waals surface area contributed by atoms with E-state index >= 15 is 0 Å². The Bertz CT molecular complexity index is 454. The van der Waals surface area contributed by atoms with E-state index in [1.807, 2.05) is 13.2 Å². The summed E-state index contributed by atoms with van der Waals surface area (Å²) < 4.78 is 0. The maximum atomic E-state index is 12.2. The molecule has 0 atom stereocenters. The molecule has 6 heteroatoms. The first-order valence-corrected chi connectivity index (χ1v) is 9.64. The van der Waals surface area contributed by atoms with Crippen LogP contribution in [-0.2, 0) is 0 Å². The van der Waals surface area contributed by atoms with E-state index in [0.29, 0.717) is 17.1 Å². The molecule has 0 aliphatic rings. The lowest BCUT2D eigenvalue weighted by molar-refractivity contribution is 0.0958. The van der Waals surface area contributed by atoms with Crippen molar-refractivity contribution in [2.75, 3.05) is 36.5 Å². The third-order valence-electron chi connectivity index (χ3n) is 3.10. The van der Waals surface area contributed by atoms with Crippen molar-refractivity contribution >= 4 is 39.7 Å². The fraction of sp³-hybridized carbons (Fsp3) is 0.667. The zero-order valence-corrected chi connectivity index (χ0v) is 15.1. The van der Waals surface area contributed by atoms with Crippen molar-refractivity contribution in [1.29, 1.82) is 0 Å². The second-order valence-electron chi connectivity index (χ2n) is 4.93. The number of thioether (sulfide) groups is 1. The van der Waals surface area contributed by atoms with Gasteiger partial charge in [0.15, 0.2) is 0 Å². The minimum atomic E-state index is -0.0474. The Balaban J connectivity index is 3.11. The van der Waals surface area contributed by atoms with Crippen LogP contribution in [-0.4, -0.2) is 31.8 Å². The fourth-order valence-corrected chi connectivity index (χ4v) is 4.31. The van der Waals surface area contributed by atoms with E-state index in [9.17, 15) is 4.79 Å². The van der Waals surface area contributed by atoms with Crippen molar-refractivity contribution < 1.29 is 4.79 Å². The second-order valence-corrected chi connectivity index (χ2v) is 6.74. The van der Waals surface area contributed by atoms with Crippen LogP contribution in [0.3, 0.4) is 0 Å². The van der Waals surface area contributed by atoms with Gasteiger partial charge in [-0.1, -0.05) is 20.8 Å². The molecule has 0 fully saturated rings. The molecule has 0 saturated carbocycles. The molecule has 0 unspecified atom stereocenters. The number of thiophene rings is 1. The molecule has 1 heterocycles. The standard InChI is InChI=1S/C15H27N3OS2/c1-5-8-17-14(19)12-11(16)13(20-4)15(21-12)18(9-6-2)10-7-3/h5-10,16H2,1-4H3,(H,17,19). The van der Waals surface area contributed by atoms with E-state index in [4.69, 9.17) is 5.73 Å². The number of nitrogens with two attached hydrogens (primary N) is 1. The molecule has 1 amide bonds. The molecule has 4 nitrogen and oxygen atoms in total. The van der Waals surface area contributed by atoms with Crippen LogP contribution in [0.15, 0.2) is 4.90 Å².